The van der Waals surface area contributed by atoms with Crippen molar-refractivity contribution >= 4 is 5.91 Å². The lowest BCUT2D eigenvalue weighted by molar-refractivity contribution is -0.132. The Hall–Kier alpha value is -1.51. The lowest BCUT2D eigenvalue weighted by Crippen LogP contribution is -2.34. The van der Waals surface area contributed by atoms with Crippen LogP contribution in [0.1, 0.15) is 44.6 Å². The fraction of sp³-hybridized carbons (Fsp3) is 0.562. The maximum atomic E-state index is 12.4. The average molecular weight is 261 g/mol. The van der Waals surface area contributed by atoms with Gasteiger partial charge in [0.25, 0.3) is 0 Å². The number of phenols is 1. The van der Waals surface area contributed by atoms with E-state index in [-0.39, 0.29) is 11.7 Å². The van der Waals surface area contributed by atoms with Crippen molar-refractivity contribution in [2.24, 2.45) is 5.92 Å². The number of hydrogen-bond acceptors (Lipinski definition) is 2. The second-order valence-corrected chi connectivity index (χ2v) is 5.37. The van der Waals surface area contributed by atoms with Crippen LogP contribution >= 0.6 is 0 Å². The quantitative estimate of drug-likeness (QED) is 0.854. The smallest absolute Gasteiger partial charge is 0.226 e. The predicted molar refractivity (Wildman–Crippen MR) is 76.1 cm³/mol. The Morgan fingerprint density at radius 3 is 2.32 bits per heavy atom. The van der Waals surface area contributed by atoms with E-state index in [0.29, 0.717) is 11.8 Å². The molecule has 1 saturated carbocycles. The van der Waals surface area contributed by atoms with Crippen molar-refractivity contribution in [2.75, 3.05) is 13.1 Å². The molecule has 1 aromatic rings. The van der Waals surface area contributed by atoms with E-state index in [4.69, 9.17) is 0 Å². The number of carbonyl (C=O) groups is 1. The molecule has 0 spiro atoms. The van der Waals surface area contributed by atoms with Crippen LogP contribution in [0.25, 0.3) is 0 Å². The number of rotatable bonds is 6. The molecule has 1 aliphatic carbocycles. The summed E-state index contributed by atoms with van der Waals surface area (Å²) >= 11 is 0. The number of carbonyl (C=O) groups excluding carboxylic acids is 1. The Bertz CT molecular complexity index is 421. The van der Waals surface area contributed by atoms with Crippen LogP contribution in [0.3, 0.4) is 0 Å². The van der Waals surface area contributed by atoms with Gasteiger partial charge in [-0.2, -0.15) is 0 Å². The molecular weight excluding hydrogens is 238 g/mol. The summed E-state index contributed by atoms with van der Waals surface area (Å²) in [6.45, 7) is 5.96. The van der Waals surface area contributed by atoms with Crippen LogP contribution in [0, 0.1) is 5.92 Å². The highest BCUT2D eigenvalue weighted by atomic mass is 16.3. The molecular formula is C16H23NO2. The molecule has 1 fully saturated rings. The molecule has 0 radical (unpaired) electrons. The largest absolute Gasteiger partial charge is 0.508 e. The normalized spacial score (nSPS) is 21.2. The number of hydrogen-bond donors (Lipinski definition) is 1. The van der Waals surface area contributed by atoms with Crippen LogP contribution < -0.4 is 0 Å². The predicted octanol–water partition coefficient (Wildman–Crippen LogP) is 3.14. The van der Waals surface area contributed by atoms with E-state index < -0.39 is 0 Å². The highest BCUT2D eigenvalue weighted by Gasteiger charge is 2.45. The summed E-state index contributed by atoms with van der Waals surface area (Å²) in [5.74, 6) is 1.10. The molecule has 1 N–H and O–H groups in total. The highest BCUT2D eigenvalue weighted by molar-refractivity contribution is 5.83. The fourth-order valence-corrected chi connectivity index (χ4v) is 2.66. The van der Waals surface area contributed by atoms with Gasteiger partial charge in [0.05, 0.1) is 0 Å². The lowest BCUT2D eigenvalue weighted by Gasteiger charge is -2.21. The zero-order valence-electron chi connectivity index (χ0n) is 11.8. The zero-order valence-corrected chi connectivity index (χ0v) is 11.8. The SMILES string of the molecule is CCCN(CCC)C(=O)C1CC1c1ccc(O)cc1. The lowest BCUT2D eigenvalue weighted by atomic mass is 10.1. The molecule has 104 valence electrons. The molecule has 3 heteroatoms. The van der Waals surface area contributed by atoms with E-state index in [2.05, 4.69) is 13.8 Å². The maximum Gasteiger partial charge on any atom is 0.226 e. The van der Waals surface area contributed by atoms with E-state index in [1.807, 2.05) is 17.0 Å². The Balaban J connectivity index is 1.97. The van der Waals surface area contributed by atoms with Crippen LogP contribution in [0.15, 0.2) is 24.3 Å². The highest BCUT2D eigenvalue weighted by Crippen LogP contribution is 2.48. The molecule has 0 aromatic heterocycles. The van der Waals surface area contributed by atoms with E-state index >= 15 is 0 Å². The number of amides is 1. The molecule has 1 amide bonds. The van der Waals surface area contributed by atoms with Crippen LogP contribution in [0.4, 0.5) is 0 Å². The molecule has 0 heterocycles. The van der Waals surface area contributed by atoms with Crippen molar-refractivity contribution in [3.63, 3.8) is 0 Å². The van der Waals surface area contributed by atoms with Crippen LogP contribution in [-0.4, -0.2) is 29.0 Å². The summed E-state index contributed by atoms with van der Waals surface area (Å²) in [6.07, 6.45) is 2.98. The second-order valence-electron chi connectivity index (χ2n) is 5.37. The van der Waals surface area contributed by atoms with Crippen LogP contribution in [-0.2, 0) is 4.79 Å². The molecule has 1 aliphatic rings. The molecule has 3 nitrogen and oxygen atoms in total. The first-order valence-electron chi connectivity index (χ1n) is 7.25. The van der Waals surface area contributed by atoms with Gasteiger partial charge in [-0.15, -0.1) is 0 Å². The van der Waals surface area contributed by atoms with Crippen molar-refractivity contribution in [3.8, 4) is 5.75 Å². The average Bonchev–Trinajstić information content (AvgIpc) is 3.19. The van der Waals surface area contributed by atoms with Crippen molar-refractivity contribution in [1.82, 2.24) is 4.90 Å². The first-order valence-corrected chi connectivity index (χ1v) is 7.25. The Morgan fingerprint density at radius 1 is 1.21 bits per heavy atom. The van der Waals surface area contributed by atoms with Gasteiger partial charge in [0, 0.05) is 19.0 Å². The number of aromatic hydroxyl groups is 1. The molecule has 1 aromatic carbocycles. The van der Waals surface area contributed by atoms with Crippen LogP contribution in [0.5, 0.6) is 5.75 Å². The third-order valence-electron chi connectivity index (χ3n) is 3.73. The van der Waals surface area contributed by atoms with Gasteiger partial charge in [-0.3, -0.25) is 4.79 Å². The first-order chi connectivity index (χ1) is 9.17. The molecule has 2 unspecified atom stereocenters. The van der Waals surface area contributed by atoms with Crippen molar-refractivity contribution in [1.29, 1.82) is 0 Å². The monoisotopic (exact) mass is 261 g/mol. The Kier molecular flexibility index (Phi) is 4.46. The molecule has 0 saturated heterocycles. The van der Waals surface area contributed by atoms with Gasteiger partial charge in [-0.25, -0.2) is 0 Å². The van der Waals surface area contributed by atoms with Gasteiger partial charge in [-0.1, -0.05) is 26.0 Å². The third-order valence-corrected chi connectivity index (χ3v) is 3.73. The molecule has 2 rings (SSSR count). The van der Waals surface area contributed by atoms with E-state index in [1.54, 1.807) is 12.1 Å². The molecule has 0 aliphatic heterocycles. The van der Waals surface area contributed by atoms with Gasteiger partial charge < -0.3 is 10.0 Å². The van der Waals surface area contributed by atoms with Crippen molar-refractivity contribution in [2.45, 2.75) is 39.0 Å². The number of benzene rings is 1. The number of nitrogens with zero attached hydrogens (tertiary/aromatic N) is 1. The first kappa shape index (κ1) is 13.9. The summed E-state index contributed by atoms with van der Waals surface area (Å²) in [4.78, 5) is 14.4. The van der Waals surface area contributed by atoms with Crippen molar-refractivity contribution < 1.29 is 9.90 Å². The summed E-state index contributed by atoms with van der Waals surface area (Å²) in [7, 11) is 0. The van der Waals surface area contributed by atoms with Crippen LogP contribution in [0.2, 0.25) is 0 Å². The molecule has 19 heavy (non-hydrogen) atoms. The van der Waals surface area contributed by atoms with Gasteiger partial charge >= 0.3 is 0 Å². The maximum absolute atomic E-state index is 12.4. The Morgan fingerprint density at radius 2 is 1.79 bits per heavy atom. The van der Waals surface area contributed by atoms with Gasteiger partial charge in [-0.05, 0) is 42.9 Å². The minimum atomic E-state index is 0.155. The Labute approximate surface area is 115 Å². The van der Waals surface area contributed by atoms with Gasteiger partial charge in [0.2, 0.25) is 5.91 Å². The standard InChI is InChI=1S/C16H23NO2/c1-3-9-17(10-4-2)16(19)15-11-14(15)12-5-7-13(18)8-6-12/h5-8,14-15,18H,3-4,9-11H2,1-2H3. The summed E-state index contributed by atoms with van der Waals surface area (Å²) < 4.78 is 0. The summed E-state index contributed by atoms with van der Waals surface area (Å²) in [5, 5.41) is 9.29. The van der Waals surface area contributed by atoms with Gasteiger partial charge in [0.15, 0.2) is 0 Å². The minimum absolute atomic E-state index is 0.155. The summed E-state index contributed by atoms with van der Waals surface area (Å²) in [5.41, 5.74) is 1.17. The van der Waals surface area contributed by atoms with E-state index in [9.17, 15) is 9.90 Å². The minimum Gasteiger partial charge on any atom is -0.508 e. The third kappa shape index (κ3) is 3.28. The summed E-state index contributed by atoms with van der Waals surface area (Å²) in [6, 6.07) is 7.25. The van der Waals surface area contributed by atoms with E-state index in [1.165, 1.54) is 5.56 Å². The molecule has 0 bridgehead atoms. The topological polar surface area (TPSA) is 40.5 Å². The molecule has 2 atom stereocenters. The van der Waals surface area contributed by atoms with Crippen molar-refractivity contribution in [3.05, 3.63) is 29.8 Å². The number of phenolic OH excluding ortho intramolecular Hbond substituents is 1. The zero-order chi connectivity index (χ0) is 13.8. The van der Waals surface area contributed by atoms with E-state index in [0.717, 1.165) is 32.4 Å². The van der Waals surface area contributed by atoms with Gasteiger partial charge in [0.1, 0.15) is 5.75 Å². The fourth-order valence-electron chi connectivity index (χ4n) is 2.66. The second kappa shape index (κ2) is 6.09.